The van der Waals surface area contributed by atoms with E-state index in [1.807, 2.05) is 0 Å². The summed E-state index contributed by atoms with van der Waals surface area (Å²) in [6, 6.07) is 2.19. The average Bonchev–Trinajstić information content (AvgIpc) is 2.53. The van der Waals surface area contributed by atoms with Gasteiger partial charge in [-0.05, 0) is 42.4 Å². The Morgan fingerprint density at radius 3 is 3.00 bits per heavy atom. The Hall–Kier alpha value is 0.140. The molecule has 0 fully saturated rings. The molecule has 0 unspecified atom stereocenters. The van der Waals surface area contributed by atoms with E-state index in [4.69, 9.17) is 0 Å². The van der Waals surface area contributed by atoms with Gasteiger partial charge in [0.2, 0.25) is 0 Å². The zero-order chi connectivity index (χ0) is 8.81. The van der Waals surface area contributed by atoms with Crippen LogP contribution >= 0.6 is 27.3 Å². The third-order valence-corrected chi connectivity index (χ3v) is 3.00. The van der Waals surface area contributed by atoms with Gasteiger partial charge in [-0.3, -0.25) is 0 Å². The van der Waals surface area contributed by atoms with Crippen molar-refractivity contribution in [3.8, 4) is 0 Å². The predicted octanol–water partition coefficient (Wildman–Crippen LogP) is 2.96. The average molecular weight is 248 g/mol. The SMILES string of the molecule is CN(CCCBr)Cc1ccsc1. The van der Waals surface area contributed by atoms with E-state index < -0.39 is 0 Å². The van der Waals surface area contributed by atoms with E-state index in [2.05, 4.69) is 44.7 Å². The first-order chi connectivity index (χ1) is 5.83. The molecular weight excluding hydrogens is 234 g/mol. The first kappa shape index (κ1) is 10.2. The highest BCUT2D eigenvalue weighted by atomic mass is 79.9. The lowest BCUT2D eigenvalue weighted by atomic mass is 10.3. The van der Waals surface area contributed by atoms with Crippen LogP contribution in [0.25, 0.3) is 0 Å². The molecule has 1 aromatic rings. The van der Waals surface area contributed by atoms with Crippen LogP contribution < -0.4 is 0 Å². The van der Waals surface area contributed by atoms with Crippen LogP contribution in [-0.2, 0) is 6.54 Å². The first-order valence-corrected chi connectivity index (χ1v) is 6.15. The third kappa shape index (κ3) is 3.70. The minimum atomic E-state index is 1.08. The van der Waals surface area contributed by atoms with Gasteiger partial charge in [-0.2, -0.15) is 11.3 Å². The van der Waals surface area contributed by atoms with Crippen molar-refractivity contribution in [2.24, 2.45) is 0 Å². The fraction of sp³-hybridized carbons (Fsp3) is 0.556. The minimum Gasteiger partial charge on any atom is -0.302 e. The van der Waals surface area contributed by atoms with E-state index in [1.165, 1.54) is 18.5 Å². The number of halogens is 1. The van der Waals surface area contributed by atoms with Gasteiger partial charge in [-0.15, -0.1) is 0 Å². The first-order valence-electron chi connectivity index (χ1n) is 4.08. The van der Waals surface area contributed by atoms with Crippen LogP contribution in [0.5, 0.6) is 0 Å². The predicted molar refractivity (Wildman–Crippen MR) is 59.1 cm³/mol. The van der Waals surface area contributed by atoms with E-state index in [9.17, 15) is 0 Å². The van der Waals surface area contributed by atoms with Crippen molar-refractivity contribution in [1.29, 1.82) is 0 Å². The minimum absolute atomic E-state index is 1.08. The lowest BCUT2D eigenvalue weighted by Crippen LogP contribution is -2.18. The van der Waals surface area contributed by atoms with Crippen molar-refractivity contribution in [3.63, 3.8) is 0 Å². The summed E-state index contributed by atoms with van der Waals surface area (Å²) in [6.45, 7) is 2.25. The summed E-state index contributed by atoms with van der Waals surface area (Å²) in [5.41, 5.74) is 1.43. The highest BCUT2D eigenvalue weighted by Crippen LogP contribution is 2.08. The Bertz CT molecular complexity index is 198. The van der Waals surface area contributed by atoms with Gasteiger partial charge in [0.1, 0.15) is 0 Å². The van der Waals surface area contributed by atoms with Gasteiger partial charge in [0, 0.05) is 11.9 Å². The maximum Gasteiger partial charge on any atom is 0.0238 e. The van der Waals surface area contributed by atoms with E-state index >= 15 is 0 Å². The van der Waals surface area contributed by atoms with Crippen molar-refractivity contribution in [1.82, 2.24) is 4.90 Å². The standard InChI is InChI=1S/C9H14BrNS/c1-11(5-2-4-10)7-9-3-6-12-8-9/h3,6,8H,2,4-5,7H2,1H3. The largest absolute Gasteiger partial charge is 0.302 e. The summed E-state index contributed by atoms with van der Waals surface area (Å²) in [4.78, 5) is 2.35. The summed E-state index contributed by atoms with van der Waals surface area (Å²) < 4.78 is 0. The maximum absolute atomic E-state index is 3.43. The van der Waals surface area contributed by atoms with Crippen molar-refractivity contribution >= 4 is 27.3 Å². The Balaban J connectivity index is 2.22. The molecule has 1 heterocycles. The summed E-state index contributed by atoms with van der Waals surface area (Å²) in [6.07, 6.45) is 1.22. The summed E-state index contributed by atoms with van der Waals surface area (Å²) in [5, 5.41) is 5.44. The van der Waals surface area contributed by atoms with Crippen molar-refractivity contribution in [2.75, 3.05) is 18.9 Å². The Labute approximate surface area is 86.5 Å². The number of rotatable bonds is 5. The third-order valence-electron chi connectivity index (χ3n) is 1.71. The molecule has 0 spiro atoms. The molecule has 0 aliphatic heterocycles. The van der Waals surface area contributed by atoms with Crippen LogP contribution in [0, 0.1) is 0 Å². The van der Waals surface area contributed by atoms with Crippen LogP contribution in [0.3, 0.4) is 0 Å². The molecule has 0 radical (unpaired) electrons. The van der Waals surface area contributed by atoms with Crippen LogP contribution in [0.1, 0.15) is 12.0 Å². The van der Waals surface area contributed by atoms with Crippen molar-refractivity contribution in [3.05, 3.63) is 22.4 Å². The molecule has 1 rings (SSSR count). The zero-order valence-electron chi connectivity index (χ0n) is 7.29. The van der Waals surface area contributed by atoms with E-state index in [-0.39, 0.29) is 0 Å². The second-order valence-electron chi connectivity index (χ2n) is 2.91. The highest BCUT2D eigenvalue weighted by molar-refractivity contribution is 9.09. The van der Waals surface area contributed by atoms with Gasteiger partial charge in [-0.25, -0.2) is 0 Å². The second kappa shape index (κ2) is 5.73. The molecule has 1 aromatic heterocycles. The van der Waals surface area contributed by atoms with Gasteiger partial charge in [0.05, 0.1) is 0 Å². The van der Waals surface area contributed by atoms with Crippen molar-refractivity contribution < 1.29 is 0 Å². The smallest absolute Gasteiger partial charge is 0.0238 e. The fourth-order valence-corrected chi connectivity index (χ4v) is 2.01. The van der Waals surface area contributed by atoms with Gasteiger partial charge in [0.25, 0.3) is 0 Å². The highest BCUT2D eigenvalue weighted by Gasteiger charge is 1.98. The lowest BCUT2D eigenvalue weighted by Gasteiger charge is -2.14. The molecule has 0 N–H and O–H groups in total. The van der Waals surface area contributed by atoms with E-state index in [1.54, 1.807) is 11.3 Å². The molecule has 0 aromatic carbocycles. The molecule has 1 nitrogen and oxygen atoms in total. The normalized spacial score (nSPS) is 10.9. The molecule has 0 saturated carbocycles. The maximum atomic E-state index is 3.43. The number of thiophene rings is 1. The van der Waals surface area contributed by atoms with Crippen LogP contribution in [0.15, 0.2) is 16.8 Å². The second-order valence-corrected chi connectivity index (χ2v) is 4.48. The topological polar surface area (TPSA) is 3.24 Å². The number of alkyl halides is 1. The molecular formula is C9H14BrNS. The quantitative estimate of drug-likeness (QED) is 0.724. The summed E-state index contributed by atoms with van der Waals surface area (Å²) in [7, 11) is 2.17. The summed E-state index contributed by atoms with van der Waals surface area (Å²) >= 11 is 5.20. The molecule has 0 amide bonds. The monoisotopic (exact) mass is 247 g/mol. The Kier molecular flexibility index (Phi) is 4.88. The zero-order valence-corrected chi connectivity index (χ0v) is 9.70. The molecule has 3 heteroatoms. The van der Waals surface area contributed by atoms with Crippen LogP contribution in [-0.4, -0.2) is 23.8 Å². The van der Waals surface area contributed by atoms with Gasteiger partial charge >= 0.3 is 0 Å². The van der Waals surface area contributed by atoms with Gasteiger partial charge < -0.3 is 4.90 Å². The van der Waals surface area contributed by atoms with E-state index in [0.717, 1.165) is 11.9 Å². The fourth-order valence-electron chi connectivity index (χ4n) is 1.10. The number of hydrogen-bond donors (Lipinski definition) is 0. The molecule has 68 valence electrons. The number of nitrogens with zero attached hydrogens (tertiary/aromatic N) is 1. The molecule has 12 heavy (non-hydrogen) atoms. The lowest BCUT2D eigenvalue weighted by molar-refractivity contribution is 0.329. The Morgan fingerprint density at radius 2 is 2.42 bits per heavy atom. The molecule has 0 saturated heterocycles. The molecule has 0 aliphatic rings. The molecule has 0 aliphatic carbocycles. The Morgan fingerprint density at radius 1 is 1.58 bits per heavy atom. The van der Waals surface area contributed by atoms with E-state index in [0.29, 0.717) is 0 Å². The molecule has 0 atom stereocenters. The van der Waals surface area contributed by atoms with Gasteiger partial charge in [-0.1, -0.05) is 15.9 Å². The number of hydrogen-bond acceptors (Lipinski definition) is 2. The van der Waals surface area contributed by atoms with Crippen LogP contribution in [0.4, 0.5) is 0 Å². The van der Waals surface area contributed by atoms with Gasteiger partial charge in [0.15, 0.2) is 0 Å². The van der Waals surface area contributed by atoms with Crippen molar-refractivity contribution in [2.45, 2.75) is 13.0 Å². The van der Waals surface area contributed by atoms with Crippen LogP contribution in [0.2, 0.25) is 0 Å². The summed E-state index contributed by atoms with van der Waals surface area (Å²) in [5.74, 6) is 0. The molecule has 0 bridgehead atoms.